The Labute approximate surface area is 868 Å². The maximum absolute atomic E-state index is 15.0. The quantitative estimate of drug-likeness (QED) is 0.0166. The summed E-state index contributed by atoms with van der Waals surface area (Å²) >= 11 is 0. The molecule has 8 N–H and O–H groups in total. The van der Waals surface area contributed by atoms with Crippen LogP contribution in [0.15, 0.2) is 146 Å². The Balaban J connectivity index is 1.16. The van der Waals surface area contributed by atoms with Crippen LogP contribution in [-0.2, 0) is 25.7 Å². The summed E-state index contributed by atoms with van der Waals surface area (Å²) in [7, 11) is 3.33. The minimum atomic E-state index is -0.471. The van der Waals surface area contributed by atoms with E-state index < -0.39 is 24.1 Å². The van der Waals surface area contributed by atoms with Crippen molar-refractivity contribution >= 4 is 69.6 Å². The molecule has 0 saturated carbocycles. The standard InChI is InChI=1S/C124H184N8O12/c1-13-23-33-41-51-93(52-42-34-24-14-2)89-141-113-67-59-105(60-68-113)125-121(133)129-109-81-97-77-101-85-111(131-123(135)127-107-63-71-115(72-64-107)143-91-95(55-45-37-27-17-5)56-46-38-28-18-6)87-103(119(101)139-75-49-31-21-9)79-99-83-110(130-122(134)126-106-61-69-114(70-62-106)142-90-94(53-43-35-25-15-3)54-44-36-26-16-4)84-100(118(99)138-12)80-104-88-112(86-102(78-98(82-109)117(97)137-11)120(104)140-76-50-32-22-10)132-124(136)128-108-65-73-116(74-66-108)144-92-96(57-47-39-29-19-7)58-48-40-30-20-8/h59-74,81-88,93-96H,13-58,75-80,89-92H2,1-12H3,(H2,125,129,133)(H2,126,130,134)(H2,127,131,135)(H2,128,132,136). The van der Waals surface area contributed by atoms with Crippen LogP contribution in [0.1, 0.15) is 409 Å². The number of ether oxygens (including phenoxy) is 8. The second kappa shape index (κ2) is 69.3. The van der Waals surface area contributed by atoms with Gasteiger partial charge in [-0.15, -0.1) is 0 Å². The lowest BCUT2D eigenvalue weighted by molar-refractivity contribution is 0.224. The molecule has 0 spiro atoms. The molecule has 0 saturated heterocycles. The van der Waals surface area contributed by atoms with Crippen molar-refractivity contribution in [3.63, 3.8) is 0 Å². The highest BCUT2D eigenvalue weighted by Crippen LogP contribution is 2.44. The number of rotatable bonds is 72. The van der Waals surface area contributed by atoms with Crippen molar-refractivity contribution in [2.24, 2.45) is 23.7 Å². The first-order valence-corrected chi connectivity index (χ1v) is 56.7. The first kappa shape index (κ1) is 117. The molecule has 1 aliphatic rings. The molecule has 792 valence electrons. The number of methoxy groups -OCH3 is 2. The molecule has 0 radical (unpaired) electrons. The zero-order valence-electron chi connectivity index (χ0n) is 90.7. The first-order chi connectivity index (χ1) is 70.5. The van der Waals surface area contributed by atoms with Crippen LogP contribution in [0, 0.1) is 23.7 Å². The van der Waals surface area contributed by atoms with Gasteiger partial charge < -0.3 is 80.4 Å². The Morgan fingerprint density at radius 3 is 0.549 bits per heavy atom. The van der Waals surface area contributed by atoms with Gasteiger partial charge in [0.2, 0.25) is 0 Å². The average molecular weight is 1980 g/mol. The Morgan fingerprint density at radius 2 is 0.375 bits per heavy atom. The summed E-state index contributed by atoms with van der Waals surface area (Å²) < 4.78 is 54.1. The molecule has 8 aromatic rings. The second-order valence-electron chi connectivity index (χ2n) is 40.6. The van der Waals surface area contributed by atoms with Crippen LogP contribution in [-0.4, -0.2) is 78.0 Å². The summed E-state index contributed by atoms with van der Waals surface area (Å²) in [6.45, 7) is 25.7. The Kier molecular flexibility index (Phi) is 56.2. The number of anilines is 8. The number of amides is 8. The van der Waals surface area contributed by atoms with Crippen LogP contribution < -0.4 is 80.4 Å². The van der Waals surface area contributed by atoms with Gasteiger partial charge in [-0.1, -0.05) is 300 Å². The van der Waals surface area contributed by atoms with Crippen LogP contribution in [0.5, 0.6) is 46.0 Å². The summed E-state index contributed by atoms with van der Waals surface area (Å²) in [5.74, 6) is 7.13. The van der Waals surface area contributed by atoms with Crippen molar-refractivity contribution in [2.45, 2.75) is 390 Å². The molecule has 0 unspecified atom stereocenters. The summed E-state index contributed by atoms with van der Waals surface area (Å²) in [4.78, 5) is 59.9. The third-order valence-electron chi connectivity index (χ3n) is 28.0. The van der Waals surface area contributed by atoms with Crippen LogP contribution in [0.25, 0.3) is 0 Å². The van der Waals surface area contributed by atoms with Crippen molar-refractivity contribution in [3.05, 3.63) is 190 Å². The molecule has 20 nitrogen and oxygen atoms in total. The van der Waals surface area contributed by atoms with Gasteiger partial charge in [0.05, 0.1) is 53.9 Å². The summed E-state index contributed by atoms with van der Waals surface area (Å²) in [6, 6.07) is 44.2. The Morgan fingerprint density at radius 1 is 0.208 bits per heavy atom. The molecule has 0 heterocycles. The zero-order valence-corrected chi connectivity index (χ0v) is 90.7. The lowest BCUT2D eigenvalue weighted by atomic mass is 9.90. The molecule has 0 atom stereocenters. The number of carbonyl (C=O) groups is 4. The van der Waals surface area contributed by atoms with Crippen LogP contribution in [0.4, 0.5) is 64.7 Å². The van der Waals surface area contributed by atoms with Crippen molar-refractivity contribution in [1.82, 2.24) is 0 Å². The number of hydrogen-bond acceptors (Lipinski definition) is 12. The summed E-state index contributed by atoms with van der Waals surface area (Å²) in [6.07, 6.45) is 54.2. The Bertz CT molecular complexity index is 4480. The van der Waals surface area contributed by atoms with E-state index in [9.17, 15) is 19.2 Å². The molecular formula is C124H184N8O12. The van der Waals surface area contributed by atoms with Gasteiger partial charge in [-0.25, -0.2) is 19.2 Å². The van der Waals surface area contributed by atoms with Gasteiger partial charge in [0, 0.05) is 116 Å². The van der Waals surface area contributed by atoms with Gasteiger partial charge in [-0.3, -0.25) is 0 Å². The predicted octanol–water partition coefficient (Wildman–Crippen LogP) is 35.8. The van der Waals surface area contributed by atoms with E-state index >= 15 is 0 Å². The monoisotopic (exact) mass is 1980 g/mol. The fraction of sp³-hybridized carbons (Fsp3) is 0.581. The molecule has 1 aliphatic carbocycles. The lowest BCUT2D eigenvalue weighted by Crippen LogP contribution is -2.21. The molecule has 0 aromatic heterocycles. The number of fused-ring (bicyclic) bond motifs is 8. The van der Waals surface area contributed by atoms with Gasteiger partial charge in [-0.05, 0) is 233 Å². The molecule has 0 aliphatic heterocycles. The zero-order chi connectivity index (χ0) is 102. The van der Waals surface area contributed by atoms with Crippen molar-refractivity contribution in [1.29, 1.82) is 0 Å². The number of urea groups is 4. The van der Waals surface area contributed by atoms with Crippen molar-refractivity contribution in [2.75, 3.05) is 96.4 Å². The topological polar surface area (TPSA) is 238 Å². The second-order valence-corrected chi connectivity index (χ2v) is 40.6. The fourth-order valence-electron chi connectivity index (χ4n) is 19.8. The lowest BCUT2D eigenvalue weighted by Gasteiger charge is -2.24. The van der Waals surface area contributed by atoms with Gasteiger partial charge >= 0.3 is 24.1 Å². The molecule has 20 heteroatoms. The highest BCUT2D eigenvalue weighted by Gasteiger charge is 2.28. The molecular weight excluding hydrogens is 1790 g/mol. The fourth-order valence-corrected chi connectivity index (χ4v) is 19.8. The predicted molar refractivity (Wildman–Crippen MR) is 602 cm³/mol. The normalized spacial score (nSPS) is 11.8. The highest BCUT2D eigenvalue weighted by molar-refractivity contribution is 6.02. The van der Waals surface area contributed by atoms with Gasteiger partial charge in [0.25, 0.3) is 0 Å². The molecule has 0 fully saturated rings. The van der Waals surface area contributed by atoms with E-state index in [-0.39, 0.29) is 25.7 Å². The number of hydrogen-bond donors (Lipinski definition) is 8. The van der Waals surface area contributed by atoms with E-state index in [1.54, 1.807) is 14.2 Å². The van der Waals surface area contributed by atoms with Gasteiger partial charge in [0.15, 0.2) is 0 Å². The molecule has 8 bridgehead atoms. The number of unbranched alkanes of at least 4 members (excludes halogenated alkanes) is 28. The maximum Gasteiger partial charge on any atom is 0.323 e. The van der Waals surface area contributed by atoms with Crippen LogP contribution in [0.2, 0.25) is 0 Å². The minimum absolute atomic E-state index is 0.162. The largest absolute Gasteiger partial charge is 0.496 e. The third-order valence-corrected chi connectivity index (χ3v) is 28.0. The van der Waals surface area contributed by atoms with E-state index in [0.29, 0.717) is 176 Å². The number of nitrogens with one attached hydrogen (secondary N) is 8. The number of carbonyl (C=O) groups excluding carboxylic acids is 4. The third kappa shape index (κ3) is 43.9. The van der Waals surface area contributed by atoms with E-state index in [2.05, 4.69) is 112 Å². The van der Waals surface area contributed by atoms with Crippen LogP contribution in [0.3, 0.4) is 0 Å². The van der Waals surface area contributed by atoms with E-state index in [0.717, 1.165) is 113 Å². The van der Waals surface area contributed by atoms with Gasteiger partial charge in [0.1, 0.15) is 46.0 Å². The Hall–Kier alpha value is -10.8. The van der Waals surface area contributed by atoms with Crippen LogP contribution >= 0.6 is 0 Å². The summed E-state index contributed by atoms with van der Waals surface area (Å²) in [5.41, 5.74) is 9.81. The number of benzene rings is 8. The first-order valence-electron chi connectivity index (χ1n) is 56.7. The van der Waals surface area contributed by atoms with E-state index in [1.165, 1.54) is 205 Å². The van der Waals surface area contributed by atoms with Crippen molar-refractivity contribution < 1.29 is 57.1 Å². The SMILES string of the molecule is CCCCCCC(CCCCCC)COc1ccc(NC(=O)Nc2cc3c(OC)c(c2)Cc2cc(NC(=O)Nc4ccc(OCC(CCCCCC)CCCCCC)cc4)cc(c2OCCCCC)Cc2cc(NC(=O)Nc4ccc(OCC(CCCCCC)CCCCCC)cc4)cc(c2OC)Cc2cc(NC(=O)Nc4ccc(OCC(CCCCCC)CCCCCC)cc4)cc(c2OCCCCC)C3)cc1. The highest BCUT2D eigenvalue weighted by atomic mass is 16.5. The minimum Gasteiger partial charge on any atom is -0.496 e. The summed E-state index contributed by atoms with van der Waals surface area (Å²) in [5, 5.41) is 25.6. The van der Waals surface area contributed by atoms with E-state index in [4.69, 9.17) is 37.9 Å². The maximum atomic E-state index is 15.0. The smallest absolute Gasteiger partial charge is 0.323 e. The van der Waals surface area contributed by atoms with E-state index in [1.807, 2.05) is 146 Å². The molecule has 8 amide bonds. The average Bonchev–Trinajstić information content (AvgIpc) is 0.770. The molecule has 9 rings (SSSR count). The molecule has 8 aromatic carbocycles. The van der Waals surface area contributed by atoms with Gasteiger partial charge in [-0.2, -0.15) is 0 Å². The molecule has 144 heavy (non-hydrogen) atoms. The van der Waals surface area contributed by atoms with Crippen molar-refractivity contribution in [3.8, 4) is 46.0 Å².